The summed E-state index contributed by atoms with van der Waals surface area (Å²) in [5.41, 5.74) is 1.64. The number of fused-ring (bicyclic) bond motifs is 1. The van der Waals surface area contributed by atoms with Gasteiger partial charge in [-0.3, -0.25) is 24.2 Å². The van der Waals surface area contributed by atoms with Crippen molar-refractivity contribution in [2.24, 2.45) is 5.92 Å². The summed E-state index contributed by atoms with van der Waals surface area (Å²) in [4.78, 5) is 52.8. The van der Waals surface area contributed by atoms with E-state index in [2.05, 4.69) is 10.6 Å². The van der Waals surface area contributed by atoms with Gasteiger partial charge in [0, 0.05) is 18.7 Å². The average Bonchev–Trinajstić information content (AvgIpc) is 2.88. The van der Waals surface area contributed by atoms with Crippen molar-refractivity contribution in [3.8, 4) is 0 Å². The van der Waals surface area contributed by atoms with Gasteiger partial charge in [-0.2, -0.15) is 0 Å². The van der Waals surface area contributed by atoms with E-state index in [0.717, 1.165) is 5.56 Å². The zero-order chi connectivity index (χ0) is 25.7. The van der Waals surface area contributed by atoms with Gasteiger partial charge in [0.05, 0.1) is 6.42 Å². The van der Waals surface area contributed by atoms with Gasteiger partial charge in [0.1, 0.15) is 12.1 Å². The summed E-state index contributed by atoms with van der Waals surface area (Å²) in [6, 6.07) is 14.0. The van der Waals surface area contributed by atoms with Gasteiger partial charge in [-0.15, -0.1) is 0 Å². The molecule has 0 fully saturated rings. The van der Waals surface area contributed by atoms with Crippen LogP contribution in [0.15, 0.2) is 54.6 Å². The Kier molecular flexibility index (Phi) is 8.27. The van der Waals surface area contributed by atoms with E-state index in [-0.39, 0.29) is 30.2 Å². The van der Waals surface area contributed by atoms with E-state index in [9.17, 15) is 19.2 Å². The predicted molar refractivity (Wildman–Crippen MR) is 133 cm³/mol. The number of rotatable bonds is 8. The van der Waals surface area contributed by atoms with Crippen molar-refractivity contribution in [2.45, 2.75) is 58.7 Å². The molecule has 0 saturated heterocycles. The number of nitrogens with one attached hydrogen (secondary N) is 2. The molecule has 2 aromatic carbocycles. The number of nitrogens with zero attached hydrogens (tertiary/aromatic N) is 2. The van der Waals surface area contributed by atoms with Gasteiger partial charge in [0.2, 0.25) is 11.8 Å². The van der Waals surface area contributed by atoms with Crippen molar-refractivity contribution in [2.75, 3.05) is 7.05 Å². The van der Waals surface area contributed by atoms with Crippen LogP contribution in [0.5, 0.6) is 0 Å². The first kappa shape index (κ1) is 25.9. The molecule has 8 nitrogen and oxygen atoms in total. The smallest absolute Gasteiger partial charge is 0.273 e. The van der Waals surface area contributed by atoms with Crippen LogP contribution in [-0.2, 0) is 20.8 Å². The van der Waals surface area contributed by atoms with Crippen LogP contribution in [0.1, 0.15) is 61.6 Å². The molecule has 1 heterocycles. The highest BCUT2D eigenvalue weighted by atomic mass is 16.2. The standard InChI is InChI=1S/C27H34N4O4/c1-17(2)15-22(28-23(32)16-19-11-7-6-8-12-19)25(33)29-24-20-13-9-10-14-21(20)26(34)31(18(3)4)30(5)27(24)35/h6-14,17-18,22,24H,15-16H2,1-5H3,(H,28,32)(H,29,33)/t22-,24+/m0/s1. The number of benzene rings is 2. The van der Waals surface area contributed by atoms with Gasteiger partial charge in [-0.25, -0.2) is 5.01 Å². The third-order valence-corrected chi connectivity index (χ3v) is 5.94. The predicted octanol–water partition coefficient (Wildman–Crippen LogP) is 2.86. The molecule has 1 aliphatic rings. The zero-order valence-corrected chi connectivity index (χ0v) is 20.9. The Labute approximate surface area is 206 Å². The fraction of sp³-hybridized carbons (Fsp3) is 0.407. The first-order valence-electron chi connectivity index (χ1n) is 11.9. The number of likely N-dealkylation sites (N-methyl/N-ethyl adjacent to an activating group) is 1. The molecule has 0 spiro atoms. The van der Waals surface area contributed by atoms with E-state index in [1.807, 2.05) is 58.0 Å². The van der Waals surface area contributed by atoms with Gasteiger partial charge in [0.25, 0.3) is 11.8 Å². The lowest BCUT2D eigenvalue weighted by molar-refractivity contribution is -0.147. The van der Waals surface area contributed by atoms with Crippen molar-refractivity contribution >= 4 is 23.6 Å². The molecule has 0 aliphatic carbocycles. The van der Waals surface area contributed by atoms with Crippen LogP contribution in [0.3, 0.4) is 0 Å². The van der Waals surface area contributed by atoms with Crippen molar-refractivity contribution < 1.29 is 19.2 Å². The quantitative estimate of drug-likeness (QED) is 0.610. The maximum Gasteiger partial charge on any atom is 0.273 e. The van der Waals surface area contributed by atoms with Crippen LogP contribution >= 0.6 is 0 Å². The van der Waals surface area contributed by atoms with E-state index < -0.39 is 23.9 Å². The summed E-state index contributed by atoms with van der Waals surface area (Å²) in [5, 5.41) is 8.32. The fourth-order valence-corrected chi connectivity index (χ4v) is 4.32. The monoisotopic (exact) mass is 478 g/mol. The molecule has 8 heteroatoms. The molecule has 0 aromatic heterocycles. The first-order chi connectivity index (χ1) is 16.6. The number of carbonyl (C=O) groups excluding carboxylic acids is 4. The number of carbonyl (C=O) groups is 4. The summed E-state index contributed by atoms with van der Waals surface area (Å²) in [7, 11) is 1.53. The van der Waals surface area contributed by atoms with Gasteiger partial charge >= 0.3 is 0 Å². The highest BCUT2D eigenvalue weighted by Crippen LogP contribution is 2.28. The van der Waals surface area contributed by atoms with Crippen molar-refractivity contribution in [3.05, 3.63) is 71.3 Å². The van der Waals surface area contributed by atoms with Crippen LogP contribution in [0.25, 0.3) is 0 Å². The lowest BCUT2D eigenvalue weighted by Crippen LogP contribution is -2.54. The molecule has 186 valence electrons. The second-order valence-corrected chi connectivity index (χ2v) is 9.55. The minimum Gasteiger partial charge on any atom is -0.344 e. The Balaban J connectivity index is 1.86. The maximum absolute atomic E-state index is 13.4. The second kappa shape index (κ2) is 11.2. The summed E-state index contributed by atoms with van der Waals surface area (Å²) in [6.45, 7) is 7.57. The first-order valence-corrected chi connectivity index (χ1v) is 11.9. The molecule has 4 amide bonds. The molecule has 1 aliphatic heterocycles. The van der Waals surface area contributed by atoms with Crippen LogP contribution in [0.2, 0.25) is 0 Å². The summed E-state index contributed by atoms with van der Waals surface area (Å²) >= 11 is 0. The Hall–Kier alpha value is -3.68. The van der Waals surface area contributed by atoms with Crippen LogP contribution < -0.4 is 10.6 Å². The number of hydrogen-bond donors (Lipinski definition) is 2. The third-order valence-electron chi connectivity index (χ3n) is 5.94. The van der Waals surface area contributed by atoms with Crippen LogP contribution in [-0.4, -0.2) is 52.8 Å². The van der Waals surface area contributed by atoms with Crippen LogP contribution in [0.4, 0.5) is 0 Å². The molecule has 2 N–H and O–H groups in total. The highest BCUT2D eigenvalue weighted by molar-refractivity contribution is 6.02. The molecular formula is C27H34N4O4. The summed E-state index contributed by atoms with van der Waals surface area (Å²) in [6.07, 6.45) is 0.552. The largest absolute Gasteiger partial charge is 0.344 e. The molecule has 0 radical (unpaired) electrons. The van der Waals surface area contributed by atoms with Crippen molar-refractivity contribution in [1.82, 2.24) is 20.7 Å². The lowest BCUT2D eigenvalue weighted by atomic mass is 9.98. The van der Waals surface area contributed by atoms with E-state index in [0.29, 0.717) is 17.5 Å². The Morgan fingerprint density at radius 1 is 0.943 bits per heavy atom. The summed E-state index contributed by atoms with van der Waals surface area (Å²) in [5.74, 6) is -1.35. The molecule has 0 bridgehead atoms. The van der Waals surface area contributed by atoms with Gasteiger partial charge in [-0.05, 0) is 43.4 Å². The molecule has 0 unspecified atom stereocenters. The molecular weight excluding hydrogens is 444 g/mol. The minimum absolute atomic E-state index is 0.126. The number of hydrazine groups is 1. The third kappa shape index (κ3) is 6.07. The zero-order valence-electron chi connectivity index (χ0n) is 20.9. The minimum atomic E-state index is -1.06. The average molecular weight is 479 g/mol. The second-order valence-electron chi connectivity index (χ2n) is 9.55. The fourth-order valence-electron chi connectivity index (χ4n) is 4.32. The van der Waals surface area contributed by atoms with Crippen molar-refractivity contribution in [3.63, 3.8) is 0 Å². The van der Waals surface area contributed by atoms with E-state index in [4.69, 9.17) is 0 Å². The van der Waals surface area contributed by atoms with Gasteiger partial charge in [-0.1, -0.05) is 62.4 Å². The molecule has 0 saturated carbocycles. The highest BCUT2D eigenvalue weighted by Gasteiger charge is 2.40. The SMILES string of the molecule is CC(C)C[C@H](NC(=O)Cc1ccccc1)C(=O)N[C@H]1C(=O)N(C)N(C(C)C)C(=O)c2ccccc21. The molecule has 2 atom stereocenters. The summed E-state index contributed by atoms with van der Waals surface area (Å²) < 4.78 is 0. The Morgan fingerprint density at radius 2 is 1.57 bits per heavy atom. The Morgan fingerprint density at radius 3 is 2.20 bits per heavy atom. The molecule has 3 rings (SSSR count). The molecule has 35 heavy (non-hydrogen) atoms. The molecule has 2 aromatic rings. The van der Waals surface area contributed by atoms with Crippen LogP contribution in [0, 0.1) is 5.92 Å². The normalized spacial score (nSPS) is 16.7. The Bertz CT molecular complexity index is 1080. The van der Waals surface area contributed by atoms with Gasteiger partial charge in [0.15, 0.2) is 0 Å². The maximum atomic E-state index is 13.4. The van der Waals surface area contributed by atoms with E-state index in [1.54, 1.807) is 24.3 Å². The topological polar surface area (TPSA) is 98.8 Å². The number of amides is 4. The van der Waals surface area contributed by atoms with E-state index in [1.165, 1.54) is 17.1 Å². The lowest BCUT2D eigenvalue weighted by Gasteiger charge is -2.34. The number of hydrogen-bond acceptors (Lipinski definition) is 4. The van der Waals surface area contributed by atoms with Crippen molar-refractivity contribution in [1.29, 1.82) is 0 Å². The van der Waals surface area contributed by atoms with Gasteiger partial charge < -0.3 is 10.6 Å². The van der Waals surface area contributed by atoms with E-state index >= 15 is 0 Å².